The van der Waals surface area contributed by atoms with Crippen LogP contribution in [0, 0.1) is 24.7 Å². The first-order chi connectivity index (χ1) is 10.5. The fourth-order valence-electron chi connectivity index (χ4n) is 3.67. The van der Waals surface area contributed by atoms with Crippen LogP contribution in [0.5, 0.6) is 0 Å². The monoisotopic (exact) mass is 341 g/mol. The van der Waals surface area contributed by atoms with E-state index in [0.29, 0.717) is 23.2 Å². The van der Waals surface area contributed by atoms with Gasteiger partial charge in [-0.1, -0.05) is 20.3 Å². The quantitative estimate of drug-likeness (QED) is 0.859. The van der Waals surface area contributed by atoms with Crippen molar-refractivity contribution in [2.24, 2.45) is 17.8 Å². The van der Waals surface area contributed by atoms with E-state index >= 15 is 0 Å². The van der Waals surface area contributed by atoms with Crippen molar-refractivity contribution in [3.8, 4) is 0 Å². The molecule has 6 nitrogen and oxygen atoms in total. The number of nitrogens with zero attached hydrogens (tertiary/aromatic N) is 3. The topological polar surface area (TPSA) is 73.9 Å². The molecule has 0 aromatic carbocycles. The standard InChI is InChI=1S/C16H27N5O.ClH/c1-10(2)13-8-21(7-12-5-4-6-12)9-14(13)17-16(22)15-11(3)18-20-19-15;/h10,12-14H,4-9H2,1-3H3,(H,17,22)(H,18,19,20);1H/t13-,14+;/m1./s1. The van der Waals surface area contributed by atoms with Crippen LogP contribution >= 0.6 is 12.4 Å². The van der Waals surface area contributed by atoms with E-state index in [4.69, 9.17) is 0 Å². The maximum atomic E-state index is 12.4. The molecule has 3 rings (SSSR count). The maximum absolute atomic E-state index is 12.4. The Labute approximate surface area is 144 Å². The summed E-state index contributed by atoms with van der Waals surface area (Å²) in [6.45, 7) is 9.55. The van der Waals surface area contributed by atoms with Crippen molar-refractivity contribution >= 4 is 18.3 Å². The van der Waals surface area contributed by atoms with Gasteiger partial charge in [-0.05, 0) is 37.5 Å². The summed E-state index contributed by atoms with van der Waals surface area (Å²) in [5.74, 6) is 1.85. The van der Waals surface area contributed by atoms with Crippen LogP contribution in [0.3, 0.4) is 0 Å². The molecule has 2 aliphatic rings. The van der Waals surface area contributed by atoms with Crippen LogP contribution < -0.4 is 5.32 Å². The highest BCUT2D eigenvalue weighted by molar-refractivity contribution is 5.93. The van der Waals surface area contributed by atoms with Gasteiger partial charge in [-0.3, -0.25) is 4.79 Å². The number of aromatic nitrogens is 3. The molecule has 1 saturated carbocycles. The Hall–Kier alpha value is -1.14. The van der Waals surface area contributed by atoms with Crippen LogP contribution in [0.2, 0.25) is 0 Å². The molecular weight excluding hydrogens is 314 g/mol. The van der Waals surface area contributed by atoms with Crippen LogP contribution in [-0.4, -0.2) is 51.9 Å². The van der Waals surface area contributed by atoms with Gasteiger partial charge in [0.1, 0.15) is 0 Å². The van der Waals surface area contributed by atoms with Crippen molar-refractivity contribution in [1.29, 1.82) is 0 Å². The average Bonchev–Trinajstić information content (AvgIpc) is 3.00. The zero-order valence-electron chi connectivity index (χ0n) is 14.2. The highest BCUT2D eigenvalue weighted by Crippen LogP contribution is 2.31. The Morgan fingerprint density at radius 1 is 1.35 bits per heavy atom. The molecule has 2 heterocycles. The minimum Gasteiger partial charge on any atom is -0.346 e. The lowest BCUT2D eigenvalue weighted by Gasteiger charge is -2.30. The lowest BCUT2D eigenvalue weighted by Crippen LogP contribution is -2.42. The lowest BCUT2D eigenvalue weighted by atomic mass is 9.85. The summed E-state index contributed by atoms with van der Waals surface area (Å²) < 4.78 is 0. The third-order valence-corrected chi connectivity index (χ3v) is 5.29. The molecule has 1 aromatic heterocycles. The van der Waals surface area contributed by atoms with Gasteiger partial charge in [-0.25, -0.2) is 0 Å². The second-order valence-electron chi connectivity index (χ2n) is 7.26. The minimum absolute atomic E-state index is 0. The number of aryl methyl sites for hydroxylation is 1. The van der Waals surface area contributed by atoms with Gasteiger partial charge in [0.2, 0.25) is 0 Å². The van der Waals surface area contributed by atoms with Crippen LogP contribution in [0.1, 0.15) is 49.3 Å². The van der Waals surface area contributed by atoms with Gasteiger partial charge in [0, 0.05) is 25.7 Å². The molecule has 0 radical (unpaired) electrons. The van der Waals surface area contributed by atoms with E-state index in [1.165, 1.54) is 25.8 Å². The number of hydrogen-bond donors (Lipinski definition) is 2. The largest absolute Gasteiger partial charge is 0.346 e. The van der Waals surface area contributed by atoms with Gasteiger partial charge in [0.25, 0.3) is 5.91 Å². The summed E-state index contributed by atoms with van der Waals surface area (Å²) in [6.07, 6.45) is 4.13. The van der Waals surface area contributed by atoms with E-state index < -0.39 is 0 Å². The molecule has 23 heavy (non-hydrogen) atoms. The number of likely N-dealkylation sites (tertiary alicyclic amines) is 1. The molecule has 1 saturated heterocycles. The summed E-state index contributed by atoms with van der Waals surface area (Å²) in [7, 11) is 0. The molecule has 130 valence electrons. The van der Waals surface area contributed by atoms with Gasteiger partial charge < -0.3 is 10.2 Å². The van der Waals surface area contributed by atoms with E-state index in [-0.39, 0.29) is 24.4 Å². The number of amides is 1. The van der Waals surface area contributed by atoms with E-state index in [1.807, 2.05) is 0 Å². The number of halogens is 1. The zero-order valence-corrected chi connectivity index (χ0v) is 15.0. The Balaban J connectivity index is 0.00000192. The van der Waals surface area contributed by atoms with Crippen molar-refractivity contribution in [2.75, 3.05) is 19.6 Å². The van der Waals surface area contributed by atoms with Gasteiger partial charge >= 0.3 is 0 Å². The molecule has 0 unspecified atom stereocenters. The second-order valence-corrected chi connectivity index (χ2v) is 7.26. The summed E-state index contributed by atoms with van der Waals surface area (Å²) in [6, 6.07) is 0.212. The summed E-state index contributed by atoms with van der Waals surface area (Å²) in [5, 5.41) is 13.6. The third-order valence-electron chi connectivity index (χ3n) is 5.29. The number of carbonyl (C=O) groups is 1. The molecule has 7 heteroatoms. The number of rotatable bonds is 5. The minimum atomic E-state index is -0.104. The number of H-pyrrole nitrogens is 1. The Kier molecular flexibility index (Phi) is 6.03. The van der Waals surface area contributed by atoms with Gasteiger partial charge in [-0.15, -0.1) is 12.4 Å². The van der Waals surface area contributed by atoms with Crippen LogP contribution in [0.4, 0.5) is 0 Å². The molecule has 2 fully saturated rings. The van der Waals surface area contributed by atoms with Crippen molar-refractivity contribution in [3.05, 3.63) is 11.4 Å². The van der Waals surface area contributed by atoms with Crippen molar-refractivity contribution in [2.45, 2.75) is 46.1 Å². The van der Waals surface area contributed by atoms with E-state index in [2.05, 4.69) is 39.5 Å². The Morgan fingerprint density at radius 3 is 2.61 bits per heavy atom. The van der Waals surface area contributed by atoms with Crippen LogP contribution in [-0.2, 0) is 0 Å². The molecule has 1 aliphatic heterocycles. The predicted molar refractivity (Wildman–Crippen MR) is 91.7 cm³/mol. The molecule has 1 aliphatic carbocycles. The molecular formula is C16H28ClN5O. The highest BCUT2D eigenvalue weighted by atomic mass is 35.5. The predicted octanol–water partition coefficient (Wildman–Crippen LogP) is 2.02. The number of aromatic amines is 1. The zero-order chi connectivity index (χ0) is 15.7. The Morgan fingerprint density at radius 2 is 2.09 bits per heavy atom. The Bertz CT molecular complexity index is 528. The van der Waals surface area contributed by atoms with Crippen LogP contribution in [0.25, 0.3) is 0 Å². The number of nitrogens with one attached hydrogen (secondary N) is 2. The molecule has 0 spiro atoms. The van der Waals surface area contributed by atoms with Crippen molar-refractivity contribution in [3.63, 3.8) is 0 Å². The fraction of sp³-hybridized carbons (Fsp3) is 0.812. The normalized spacial score (nSPS) is 25.2. The lowest BCUT2D eigenvalue weighted by molar-refractivity contribution is 0.0919. The smallest absolute Gasteiger partial charge is 0.274 e. The molecule has 2 atom stereocenters. The first kappa shape index (κ1) is 18.2. The summed E-state index contributed by atoms with van der Waals surface area (Å²) in [5.41, 5.74) is 1.07. The molecule has 2 N–H and O–H groups in total. The van der Waals surface area contributed by atoms with Gasteiger partial charge in [0.15, 0.2) is 5.69 Å². The second kappa shape index (κ2) is 7.62. The highest BCUT2D eigenvalue weighted by Gasteiger charge is 2.37. The average molecular weight is 342 g/mol. The van der Waals surface area contributed by atoms with Gasteiger partial charge in [0.05, 0.1) is 5.69 Å². The molecule has 0 bridgehead atoms. The van der Waals surface area contributed by atoms with E-state index in [0.717, 1.165) is 19.0 Å². The van der Waals surface area contributed by atoms with E-state index in [9.17, 15) is 4.79 Å². The summed E-state index contributed by atoms with van der Waals surface area (Å²) in [4.78, 5) is 14.9. The number of carbonyl (C=O) groups excluding carboxylic acids is 1. The van der Waals surface area contributed by atoms with Crippen molar-refractivity contribution < 1.29 is 4.79 Å². The maximum Gasteiger partial charge on any atom is 0.274 e. The number of hydrogen-bond acceptors (Lipinski definition) is 4. The SMILES string of the molecule is Cc1n[nH]nc1C(=O)N[C@H]1CN(CC2CCC2)C[C@@H]1C(C)C.Cl. The molecule has 1 amide bonds. The first-order valence-electron chi connectivity index (χ1n) is 8.45. The van der Waals surface area contributed by atoms with E-state index in [1.54, 1.807) is 6.92 Å². The van der Waals surface area contributed by atoms with Gasteiger partial charge in [-0.2, -0.15) is 15.4 Å². The molecule has 1 aromatic rings. The third kappa shape index (κ3) is 4.04. The summed E-state index contributed by atoms with van der Waals surface area (Å²) >= 11 is 0. The van der Waals surface area contributed by atoms with Crippen LogP contribution in [0.15, 0.2) is 0 Å². The fourth-order valence-corrected chi connectivity index (χ4v) is 3.67. The van der Waals surface area contributed by atoms with Crippen molar-refractivity contribution in [1.82, 2.24) is 25.6 Å². The first-order valence-corrected chi connectivity index (χ1v) is 8.45.